The molecular formula is C38H48N2O3P+. The molecule has 6 heteroatoms. The summed E-state index contributed by atoms with van der Waals surface area (Å²) in [6.07, 6.45) is 17.2. The molecule has 0 aromatic heterocycles. The fraction of sp³-hybridized carbons (Fsp3) is 0.342. The van der Waals surface area contributed by atoms with Gasteiger partial charge in [0.25, 0.3) is 0 Å². The molecule has 0 atom stereocenters. The van der Waals surface area contributed by atoms with Crippen molar-refractivity contribution in [1.82, 2.24) is 0 Å². The monoisotopic (exact) mass is 611 g/mol. The Bertz CT molecular complexity index is 1500. The topological polar surface area (TPSA) is 41.8 Å². The van der Waals surface area contributed by atoms with E-state index >= 15 is 0 Å². The number of hydrogen-bond acceptors (Lipinski definition) is 4. The van der Waals surface area contributed by atoms with Crippen LogP contribution in [0.3, 0.4) is 0 Å². The molecule has 4 rings (SSSR count). The van der Waals surface area contributed by atoms with Crippen molar-refractivity contribution in [2.24, 2.45) is 0 Å². The first-order valence-corrected chi connectivity index (χ1v) is 17.8. The minimum absolute atomic E-state index is 0.217. The SMILES string of the molecule is CCOP(=O)(CC(=C1C=CC=C1)c1ccc(C(=C2C=CC(=[N+](CC)CC)C=C2)c2ccc(N(CC)CC)cc2)cc1)OCC. The standard InChI is InChI=1S/C38H48N2O3P/c1-7-39(8-2)35-25-21-33(22-26-35)38(34-23-27-36(28-24-34)40(9-3)10-4)32-19-17-31(18-20-32)37(30-15-13-14-16-30)29-44(41,42-11-5)43-12-6/h13-28H,7-12,29H2,1-6H3/q+1. The van der Waals surface area contributed by atoms with E-state index in [2.05, 4.69) is 122 Å². The summed E-state index contributed by atoms with van der Waals surface area (Å²) in [7, 11) is -3.30. The van der Waals surface area contributed by atoms with Crippen molar-refractivity contribution in [3.63, 3.8) is 0 Å². The van der Waals surface area contributed by atoms with Crippen LogP contribution >= 0.6 is 7.60 Å². The van der Waals surface area contributed by atoms with Crippen LogP contribution in [0.1, 0.15) is 58.2 Å². The maximum atomic E-state index is 13.6. The van der Waals surface area contributed by atoms with Gasteiger partial charge < -0.3 is 13.9 Å². The predicted molar refractivity (Wildman–Crippen MR) is 188 cm³/mol. The number of nitrogens with zero attached hydrogens (tertiary/aromatic N) is 2. The zero-order valence-electron chi connectivity index (χ0n) is 27.3. The van der Waals surface area contributed by atoms with Gasteiger partial charge in [-0.3, -0.25) is 4.57 Å². The summed E-state index contributed by atoms with van der Waals surface area (Å²) in [6, 6.07) is 17.5. The average Bonchev–Trinajstić information content (AvgIpc) is 3.58. The molecule has 0 spiro atoms. The molecule has 0 fully saturated rings. The van der Waals surface area contributed by atoms with Crippen LogP contribution in [0.25, 0.3) is 11.1 Å². The van der Waals surface area contributed by atoms with Gasteiger partial charge in [-0.1, -0.05) is 60.7 Å². The lowest BCUT2D eigenvalue weighted by Gasteiger charge is -2.22. The Hall–Kier alpha value is -3.50. The molecule has 0 saturated heterocycles. The van der Waals surface area contributed by atoms with Crippen molar-refractivity contribution >= 4 is 30.1 Å². The molecule has 0 radical (unpaired) electrons. The highest BCUT2D eigenvalue weighted by Gasteiger charge is 2.27. The van der Waals surface area contributed by atoms with Gasteiger partial charge in [-0.2, -0.15) is 0 Å². The number of benzene rings is 2. The van der Waals surface area contributed by atoms with E-state index in [4.69, 9.17) is 9.05 Å². The molecule has 0 unspecified atom stereocenters. The Morgan fingerprint density at radius 1 is 0.659 bits per heavy atom. The van der Waals surface area contributed by atoms with Crippen molar-refractivity contribution in [2.75, 3.05) is 50.5 Å². The molecule has 0 saturated carbocycles. The second-order valence-electron chi connectivity index (χ2n) is 10.6. The van der Waals surface area contributed by atoms with E-state index in [-0.39, 0.29) is 6.16 Å². The van der Waals surface area contributed by atoms with Crippen LogP contribution in [0, 0.1) is 0 Å². The Morgan fingerprint density at radius 3 is 1.64 bits per heavy atom. The van der Waals surface area contributed by atoms with Gasteiger partial charge in [0.2, 0.25) is 0 Å². The van der Waals surface area contributed by atoms with E-state index in [9.17, 15) is 4.57 Å². The highest BCUT2D eigenvalue weighted by atomic mass is 31.2. The van der Waals surface area contributed by atoms with Gasteiger partial charge in [0.1, 0.15) is 13.1 Å². The van der Waals surface area contributed by atoms with Crippen LogP contribution in [-0.2, 0) is 13.6 Å². The van der Waals surface area contributed by atoms with Gasteiger partial charge >= 0.3 is 7.60 Å². The molecule has 0 N–H and O–H groups in total. The molecule has 0 amide bonds. The number of allylic oxidation sites excluding steroid dienone is 11. The lowest BCUT2D eigenvalue weighted by molar-refractivity contribution is -0.519. The quantitative estimate of drug-likeness (QED) is 0.158. The van der Waals surface area contributed by atoms with E-state index in [0.29, 0.717) is 13.2 Å². The lowest BCUT2D eigenvalue weighted by atomic mass is 9.89. The predicted octanol–water partition coefficient (Wildman–Crippen LogP) is 9.10. The Labute approximate surface area is 264 Å². The molecule has 2 aromatic carbocycles. The third kappa shape index (κ3) is 7.95. The zero-order valence-corrected chi connectivity index (χ0v) is 28.1. The fourth-order valence-electron chi connectivity index (χ4n) is 5.83. The summed E-state index contributed by atoms with van der Waals surface area (Å²) >= 11 is 0. The van der Waals surface area contributed by atoms with E-state index in [0.717, 1.165) is 48.5 Å². The van der Waals surface area contributed by atoms with E-state index in [1.165, 1.54) is 28.1 Å². The largest absolute Gasteiger partial charge is 0.372 e. The third-order valence-corrected chi connectivity index (χ3v) is 10.1. The van der Waals surface area contributed by atoms with Gasteiger partial charge in [-0.05, 0) is 105 Å². The van der Waals surface area contributed by atoms with Crippen molar-refractivity contribution in [2.45, 2.75) is 41.5 Å². The number of anilines is 1. The molecule has 0 aliphatic heterocycles. The molecule has 5 nitrogen and oxygen atoms in total. The van der Waals surface area contributed by atoms with Crippen LogP contribution in [0.4, 0.5) is 5.69 Å². The first kappa shape index (κ1) is 33.4. The van der Waals surface area contributed by atoms with Gasteiger partial charge in [0, 0.05) is 30.9 Å². The maximum Gasteiger partial charge on any atom is 0.335 e. The van der Waals surface area contributed by atoms with Crippen molar-refractivity contribution in [3.05, 3.63) is 125 Å². The smallest absolute Gasteiger partial charge is 0.335 e. The van der Waals surface area contributed by atoms with Crippen LogP contribution in [0.2, 0.25) is 0 Å². The van der Waals surface area contributed by atoms with E-state index in [1.807, 2.05) is 26.0 Å². The Balaban J connectivity index is 1.79. The Morgan fingerprint density at radius 2 is 1.16 bits per heavy atom. The highest BCUT2D eigenvalue weighted by molar-refractivity contribution is 7.54. The Kier molecular flexibility index (Phi) is 12.1. The number of hydrogen-bond donors (Lipinski definition) is 0. The van der Waals surface area contributed by atoms with Crippen molar-refractivity contribution in [1.29, 1.82) is 0 Å². The summed E-state index contributed by atoms with van der Waals surface area (Å²) in [5.41, 5.74) is 10.1. The average molecular weight is 612 g/mol. The zero-order chi connectivity index (χ0) is 31.5. The summed E-state index contributed by atoms with van der Waals surface area (Å²) in [5, 5.41) is 0. The minimum Gasteiger partial charge on any atom is -0.372 e. The first-order chi connectivity index (χ1) is 21.4. The van der Waals surface area contributed by atoms with Crippen molar-refractivity contribution < 1.29 is 18.2 Å². The van der Waals surface area contributed by atoms with Gasteiger partial charge in [0.05, 0.1) is 19.4 Å². The van der Waals surface area contributed by atoms with Crippen LogP contribution in [0.15, 0.2) is 108 Å². The molecule has 232 valence electrons. The molecule has 2 aliphatic rings. The molecule has 44 heavy (non-hydrogen) atoms. The summed E-state index contributed by atoms with van der Waals surface area (Å²) < 4.78 is 27.3. The second kappa shape index (κ2) is 16.0. The second-order valence-corrected chi connectivity index (χ2v) is 12.7. The molecule has 2 aliphatic carbocycles. The normalized spacial score (nSPS) is 14.1. The van der Waals surface area contributed by atoms with Crippen LogP contribution in [0.5, 0.6) is 0 Å². The lowest BCUT2D eigenvalue weighted by Crippen LogP contribution is -2.21. The fourth-order valence-corrected chi connectivity index (χ4v) is 7.63. The molecule has 0 bridgehead atoms. The van der Waals surface area contributed by atoms with E-state index in [1.54, 1.807) is 0 Å². The minimum atomic E-state index is -3.30. The summed E-state index contributed by atoms with van der Waals surface area (Å²) in [6.45, 7) is 17.0. The summed E-state index contributed by atoms with van der Waals surface area (Å²) in [5.74, 6) is 0. The van der Waals surface area contributed by atoms with E-state index < -0.39 is 7.60 Å². The molecular weight excluding hydrogens is 563 g/mol. The number of rotatable bonds is 14. The highest BCUT2D eigenvalue weighted by Crippen LogP contribution is 2.52. The van der Waals surface area contributed by atoms with Gasteiger partial charge in [0.15, 0.2) is 5.71 Å². The molecule has 2 aromatic rings. The molecule has 0 heterocycles. The first-order valence-electron chi connectivity index (χ1n) is 16.0. The van der Waals surface area contributed by atoms with Gasteiger partial charge in [-0.15, -0.1) is 0 Å². The van der Waals surface area contributed by atoms with Gasteiger partial charge in [-0.25, -0.2) is 4.58 Å². The van der Waals surface area contributed by atoms with Crippen LogP contribution < -0.4 is 4.90 Å². The summed E-state index contributed by atoms with van der Waals surface area (Å²) in [4.78, 5) is 2.36. The van der Waals surface area contributed by atoms with Crippen LogP contribution in [-0.4, -0.2) is 55.8 Å². The van der Waals surface area contributed by atoms with Crippen molar-refractivity contribution in [3.8, 4) is 0 Å². The maximum absolute atomic E-state index is 13.6. The third-order valence-electron chi connectivity index (χ3n) is 8.11.